The second kappa shape index (κ2) is 8.83. The summed E-state index contributed by atoms with van der Waals surface area (Å²) in [4.78, 5) is 30.8. The maximum Gasteiger partial charge on any atom is 0.269 e. The van der Waals surface area contributed by atoms with E-state index in [-0.39, 0.29) is 17.9 Å². The van der Waals surface area contributed by atoms with Gasteiger partial charge in [-0.2, -0.15) is 0 Å². The van der Waals surface area contributed by atoms with Gasteiger partial charge in [0.05, 0.1) is 18.8 Å². The van der Waals surface area contributed by atoms with Gasteiger partial charge in [0.25, 0.3) is 5.91 Å². The molecule has 0 aliphatic carbocycles. The number of nitrogens with zero attached hydrogens (tertiary/aromatic N) is 4. The van der Waals surface area contributed by atoms with E-state index in [0.717, 1.165) is 35.8 Å². The van der Waals surface area contributed by atoms with Gasteiger partial charge in [0.1, 0.15) is 16.0 Å². The Bertz CT molecular complexity index is 816. The zero-order valence-corrected chi connectivity index (χ0v) is 17.0. The van der Waals surface area contributed by atoms with Crippen molar-refractivity contribution in [3.63, 3.8) is 0 Å². The third-order valence-corrected chi connectivity index (χ3v) is 6.10. The molecule has 3 rings (SSSR count). The third-order valence-electron chi connectivity index (χ3n) is 3.99. The van der Waals surface area contributed by atoms with Crippen molar-refractivity contribution in [1.29, 1.82) is 0 Å². The number of thiazole rings is 1. The Kier molecular flexibility index (Phi) is 6.47. The van der Waals surface area contributed by atoms with Crippen LogP contribution in [0.5, 0.6) is 0 Å². The van der Waals surface area contributed by atoms with Crippen LogP contribution < -0.4 is 10.2 Å². The molecule has 1 aliphatic heterocycles. The molecule has 9 nitrogen and oxygen atoms in total. The van der Waals surface area contributed by atoms with Gasteiger partial charge >= 0.3 is 0 Å². The van der Waals surface area contributed by atoms with Crippen LogP contribution in [-0.4, -0.2) is 53.9 Å². The van der Waals surface area contributed by atoms with Gasteiger partial charge in [0, 0.05) is 20.6 Å². The minimum atomic E-state index is -0.318. The summed E-state index contributed by atoms with van der Waals surface area (Å²) in [5.41, 5.74) is 0.556. The largest absolute Gasteiger partial charge is 0.383 e. The van der Waals surface area contributed by atoms with Crippen LogP contribution in [-0.2, 0) is 14.3 Å². The first-order valence-corrected chi connectivity index (χ1v) is 10.1. The van der Waals surface area contributed by atoms with Gasteiger partial charge in [-0.25, -0.2) is 4.98 Å². The summed E-state index contributed by atoms with van der Waals surface area (Å²) in [7, 11) is 1.57. The summed E-state index contributed by atoms with van der Waals surface area (Å²) < 4.78 is 10.6. The van der Waals surface area contributed by atoms with Crippen molar-refractivity contribution in [2.24, 2.45) is 0 Å². The van der Waals surface area contributed by atoms with E-state index in [1.165, 1.54) is 23.2 Å². The molecule has 0 spiro atoms. The highest BCUT2D eigenvalue weighted by Crippen LogP contribution is 2.32. The highest BCUT2D eigenvalue weighted by Gasteiger charge is 2.24. The topological polar surface area (TPSA) is 107 Å². The van der Waals surface area contributed by atoms with Gasteiger partial charge in [0.15, 0.2) is 5.13 Å². The van der Waals surface area contributed by atoms with Crippen LogP contribution in [0.3, 0.4) is 0 Å². The van der Waals surface area contributed by atoms with Crippen LogP contribution in [0.15, 0.2) is 0 Å². The lowest BCUT2D eigenvalue weighted by atomic mass is 10.2. The summed E-state index contributed by atoms with van der Waals surface area (Å²) in [5.74, 6) is -0.473. The Hall–Kier alpha value is -1.95. The minimum absolute atomic E-state index is 0.0326. The molecule has 1 fully saturated rings. The Morgan fingerprint density at radius 2 is 2.19 bits per heavy atom. The predicted octanol–water partition coefficient (Wildman–Crippen LogP) is 2.41. The Balaban J connectivity index is 1.71. The first-order valence-electron chi connectivity index (χ1n) is 8.50. The number of nitrogens with one attached hydrogen (secondary N) is 1. The van der Waals surface area contributed by atoms with Crippen molar-refractivity contribution in [2.45, 2.75) is 32.8 Å². The number of carbonyl (C=O) groups is 2. The van der Waals surface area contributed by atoms with Gasteiger partial charge in [-0.3, -0.25) is 19.8 Å². The summed E-state index contributed by atoms with van der Waals surface area (Å²) in [6.07, 6.45) is 1.89. The second-order valence-corrected chi connectivity index (χ2v) is 7.96. The molecule has 11 heteroatoms. The number of anilines is 2. The molecule has 0 saturated carbocycles. The summed E-state index contributed by atoms with van der Waals surface area (Å²) in [6, 6.07) is 0. The fourth-order valence-electron chi connectivity index (χ4n) is 2.62. The van der Waals surface area contributed by atoms with Crippen LogP contribution in [0.1, 0.15) is 46.2 Å². The number of amides is 2. The lowest BCUT2D eigenvalue weighted by molar-refractivity contribution is -0.116. The van der Waals surface area contributed by atoms with Crippen molar-refractivity contribution < 1.29 is 19.1 Å². The second-order valence-electron chi connectivity index (χ2n) is 5.98. The molecule has 2 aromatic heterocycles. The molecule has 2 amide bonds. The van der Waals surface area contributed by atoms with E-state index in [1.54, 1.807) is 14.0 Å². The smallest absolute Gasteiger partial charge is 0.269 e. The zero-order chi connectivity index (χ0) is 19.4. The standard InChI is InChI=1S/C16H21N5O4S2/c1-9-12(26-16(17-9)21(10(2)22)6-8-24-3)13(23)18-15-20-19-14(27-15)11-5-4-7-25-11/h11H,4-8H2,1-3H3,(H,18,20,23). The van der Waals surface area contributed by atoms with Gasteiger partial charge in [-0.1, -0.05) is 22.7 Å². The van der Waals surface area contributed by atoms with Crippen LogP contribution in [0.4, 0.5) is 10.3 Å². The molecule has 2 aromatic rings. The molecule has 27 heavy (non-hydrogen) atoms. The average molecular weight is 412 g/mol. The molecular weight excluding hydrogens is 390 g/mol. The van der Waals surface area contributed by atoms with Crippen molar-refractivity contribution in [3.05, 3.63) is 15.6 Å². The van der Waals surface area contributed by atoms with Gasteiger partial charge < -0.3 is 9.47 Å². The highest BCUT2D eigenvalue weighted by molar-refractivity contribution is 7.18. The van der Waals surface area contributed by atoms with E-state index in [2.05, 4.69) is 20.5 Å². The minimum Gasteiger partial charge on any atom is -0.383 e. The molecule has 146 valence electrons. The maximum atomic E-state index is 12.6. The van der Waals surface area contributed by atoms with Gasteiger partial charge in [0.2, 0.25) is 11.0 Å². The molecule has 0 radical (unpaired) electrons. The van der Waals surface area contributed by atoms with Crippen molar-refractivity contribution in [3.8, 4) is 0 Å². The molecular formula is C16H21N5O4S2. The van der Waals surface area contributed by atoms with Crippen molar-refractivity contribution in [1.82, 2.24) is 15.2 Å². The number of aryl methyl sites for hydroxylation is 1. The monoisotopic (exact) mass is 411 g/mol. The number of methoxy groups -OCH3 is 1. The number of ether oxygens (including phenoxy) is 2. The summed E-state index contributed by atoms with van der Waals surface area (Å²) >= 11 is 2.48. The fraction of sp³-hybridized carbons (Fsp3) is 0.562. The first kappa shape index (κ1) is 19.8. The van der Waals surface area contributed by atoms with Gasteiger partial charge in [-0.15, -0.1) is 10.2 Å². The molecule has 1 unspecified atom stereocenters. The van der Waals surface area contributed by atoms with Crippen LogP contribution >= 0.6 is 22.7 Å². The number of rotatable bonds is 7. The molecule has 1 atom stereocenters. The van der Waals surface area contributed by atoms with Crippen LogP contribution in [0.2, 0.25) is 0 Å². The molecule has 1 saturated heterocycles. The molecule has 0 bridgehead atoms. The van der Waals surface area contributed by atoms with Crippen LogP contribution in [0, 0.1) is 6.92 Å². The summed E-state index contributed by atoms with van der Waals surface area (Å²) in [6.45, 7) is 4.68. The highest BCUT2D eigenvalue weighted by atomic mass is 32.1. The van der Waals surface area contributed by atoms with E-state index in [0.29, 0.717) is 34.0 Å². The van der Waals surface area contributed by atoms with E-state index in [4.69, 9.17) is 9.47 Å². The average Bonchev–Trinajstić information content (AvgIpc) is 3.35. The van der Waals surface area contributed by atoms with Crippen molar-refractivity contribution in [2.75, 3.05) is 37.1 Å². The van der Waals surface area contributed by atoms with E-state index in [1.807, 2.05) is 0 Å². The third kappa shape index (κ3) is 4.67. The normalized spacial score (nSPS) is 16.5. The quantitative estimate of drug-likeness (QED) is 0.745. The molecule has 1 aliphatic rings. The zero-order valence-electron chi connectivity index (χ0n) is 15.4. The SMILES string of the molecule is COCCN(C(C)=O)c1nc(C)c(C(=O)Nc2nnc(C3CCCO3)s2)s1. The summed E-state index contributed by atoms with van der Waals surface area (Å²) in [5, 5.41) is 12.6. The Labute approximate surface area is 164 Å². The van der Waals surface area contributed by atoms with Gasteiger partial charge in [-0.05, 0) is 19.8 Å². The number of hydrogen-bond acceptors (Lipinski definition) is 9. The van der Waals surface area contributed by atoms with Crippen molar-refractivity contribution >= 4 is 44.8 Å². The van der Waals surface area contributed by atoms with E-state index < -0.39 is 0 Å². The predicted molar refractivity (Wildman–Crippen MR) is 103 cm³/mol. The van der Waals surface area contributed by atoms with E-state index >= 15 is 0 Å². The lowest BCUT2D eigenvalue weighted by Crippen LogP contribution is -2.31. The Morgan fingerprint density at radius 1 is 1.37 bits per heavy atom. The lowest BCUT2D eigenvalue weighted by Gasteiger charge is -2.16. The van der Waals surface area contributed by atoms with E-state index in [9.17, 15) is 9.59 Å². The Morgan fingerprint density at radius 3 is 2.85 bits per heavy atom. The first-order chi connectivity index (χ1) is 13.0. The number of carbonyl (C=O) groups excluding carboxylic acids is 2. The fourth-order valence-corrected chi connectivity index (χ4v) is 4.47. The molecule has 0 aromatic carbocycles. The van der Waals surface area contributed by atoms with Crippen LogP contribution in [0.25, 0.3) is 0 Å². The molecule has 1 N–H and O–H groups in total. The number of aromatic nitrogens is 3. The number of hydrogen-bond donors (Lipinski definition) is 1. The molecule has 3 heterocycles. The maximum absolute atomic E-state index is 12.6.